The second-order valence-corrected chi connectivity index (χ2v) is 10.5. The first-order valence-electron chi connectivity index (χ1n) is 11.6. The van der Waals surface area contributed by atoms with E-state index < -0.39 is 11.6 Å². The standard InChI is InChI=1S/C21H27F3N6O3/c22-21(23,24)20(2-3-20)17-25-12-30(27-17)7-13-5-19(6-13)10-29(11-19)18(32)28-4-1-15-14(8-28)26-16(31)9-33-15/h12-15H,1-11H2,(H,26,31)/t14-,15+/m1/s1. The van der Waals surface area contributed by atoms with Crippen molar-refractivity contribution < 1.29 is 27.5 Å². The number of halogens is 3. The molecule has 12 heteroatoms. The van der Waals surface area contributed by atoms with Gasteiger partial charge in [0.25, 0.3) is 0 Å². The number of nitrogens with zero attached hydrogens (tertiary/aromatic N) is 5. The van der Waals surface area contributed by atoms with Crippen LogP contribution in [-0.2, 0) is 21.5 Å². The zero-order chi connectivity index (χ0) is 23.0. The summed E-state index contributed by atoms with van der Waals surface area (Å²) >= 11 is 0. The zero-order valence-corrected chi connectivity index (χ0v) is 18.2. The number of alkyl halides is 3. The molecular formula is C21H27F3N6O3. The highest BCUT2D eigenvalue weighted by molar-refractivity contribution is 5.79. The topological polar surface area (TPSA) is 92.6 Å². The van der Waals surface area contributed by atoms with Crippen molar-refractivity contribution >= 4 is 11.9 Å². The Hall–Kier alpha value is -2.37. The van der Waals surface area contributed by atoms with E-state index in [-0.39, 0.29) is 54.8 Å². The number of amides is 3. The van der Waals surface area contributed by atoms with Crippen LogP contribution in [-0.4, -0.2) is 87.6 Å². The molecular weight excluding hydrogens is 441 g/mol. The molecule has 2 aliphatic carbocycles. The molecule has 1 aromatic rings. The monoisotopic (exact) mass is 468 g/mol. The lowest BCUT2D eigenvalue weighted by molar-refractivity contribution is -0.162. The average molecular weight is 468 g/mol. The van der Waals surface area contributed by atoms with Crippen LogP contribution >= 0.6 is 0 Å². The summed E-state index contributed by atoms with van der Waals surface area (Å²) in [7, 11) is 0. The number of likely N-dealkylation sites (tertiary alicyclic amines) is 2. The number of ether oxygens (including phenoxy) is 1. The number of nitrogens with one attached hydrogen (secondary N) is 1. The van der Waals surface area contributed by atoms with Gasteiger partial charge in [-0.3, -0.25) is 9.48 Å². The van der Waals surface area contributed by atoms with E-state index in [1.54, 1.807) is 9.58 Å². The molecule has 3 aliphatic heterocycles. The predicted molar refractivity (Wildman–Crippen MR) is 107 cm³/mol. The number of aromatic nitrogens is 3. The molecule has 0 aromatic carbocycles. The van der Waals surface area contributed by atoms with E-state index in [1.807, 2.05) is 4.90 Å². The van der Waals surface area contributed by atoms with Crippen LogP contribution in [0.5, 0.6) is 0 Å². The summed E-state index contributed by atoms with van der Waals surface area (Å²) in [6.07, 6.45) is -0.190. The van der Waals surface area contributed by atoms with Crippen molar-refractivity contribution in [3.8, 4) is 0 Å². The predicted octanol–water partition coefficient (Wildman–Crippen LogP) is 1.29. The Morgan fingerprint density at radius 1 is 1.24 bits per heavy atom. The second kappa shape index (κ2) is 7.07. The van der Waals surface area contributed by atoms with Gasteiger partial charge in [-0.25, -0.2) is 9.78 Å². The molecule has 1 spiro atoms. The van der Waals surface area contributed by atoms with Crippen molar-refractivity contribution in [1.29, 1.82) is 0 Å². The third kappa shape index (κ3) is 3.48. The van der Waals surface area contributed by atoms with Gasteiger partial charge in [0.2, 0.25) is 5.91 Å². The third-order valence-corrected chi connectivity index (χ3v) is 8.06. The van der Waals surface area contributed by atoms with Gasteiger partial charge in [0.15, 0.2) is 5.82 Å². The largest absolute Gasteiger partial charge is 0.401 e. The maximum Gasteiger partial charge on any atom is 0.401 e. The first-order valence-corrected chi connectivity index (χ1v) is 11.6. The Morgan fingerprint density at radius 3 is 2.70 bits per heavy atom. The van der Waals surface area contributed by atoms with Gasteiger partial charge < -0.3 is 19.9 Å². The number of morpholine rings is 1. The van der Waals surface area contributed by atoms with Crippen molar-refractivity contribution in [2.45, 2.75) is 62.4 Å². The van der Waals surface area contributed by atoms with E-state index in [0.717, 1.165) is 12.8 Å². The van der Waals surface area contributed by atoms with E-state index >= 15 is 0 Å². The molecule has 1 N–H and O–H groups in total. The van der Waals surface area contributed by atoms with Gasteiger partial charge in [-0.05, 0) is 38.0 Å². The van der Waals surface area contributed by atoms with Crippen LogP contribution in [0.15, 0.2) is 6.33 Å². The minimum Gasteiger partial charge on any atom is -0.366 e. The molecule has 2 saturated carbocycles. The lowest BCUT2D eigenvalue weighted by Gasteiger charge is -2.59. The van der Waals surface area contributed by atoms with Gasteiger partial charge >= 0.3 is 12.2 Å². The number of piperidine rings is 1. The number of rotatable bonds is 3. The van der Waals surface area contributed by atoms with Crippen LogP contribution < -0.4 is 5.32 Å². The molecule has 0 unspecified atom stereocenters. The fourth-order valence-corrected chi connectivity index (χ4v) is 6.15. The van der Waals surface area contributed by atoms with Crippen molar-refractivity contribution in [3.05, 3.63) is 12.2 Å². The van der Waals surface area contributed by atoms with Crippen LogP contribution in [0.4, 0.5) is 18.0 Å². The Balaban J connectivity index is 0.979. The highest BCUT2D eigenvalue weighted by Gasteiger charge is 2.67. The van der Waals surface area contributed by atoms with E-state index in [1.165, 1.54) is 6.33 Å². The maximum atomic E-state index is 13.3. The van der Waals surface area contributed by atoms with Crippen LogP contribution in [0.1, 0.15) is 37.9 Å². The molecule has 180 valence electrons. The smallest absolute Gasteiger partial charge is 0.366 e. The van der Waals surface area contributed by atoms with E-state index in [2.05, 4.69) is 15.4 Å². The summed E-state index contributed by atoms with van der Waals surface area (Å²) in [5.41, 5.74) is -1.72. The molecule has 6 rings (SSSR count). The quantitative estimate of drug-likeness (QED) is 0.722. The Labute approximate surface area is 188 Å². The van der Waals surface area contributed by atoms with E-state index in [0.29, 0.717) is 45.1 Å². The summed E-state index contributed by atoms with van der Waals surface area (Å²) < 4.78 is 46.9. The molecule has 5 fully saturated rings. The fourth-order valence-electron chi connectivity index (χ4n) is 6.15. The lowest BCUT2D eigenvalue weighted by atomic mass is 9.58. The van der Waals surface area contributed by atoms with Crippen molar-refractivity contribution in [2.75, 3.05) is 32.8 Å². The molecule has 0 radical (unpaired) electrons. The average Bonchev–Trinajstić information content (AvgIpc) is 3.41. The Kier molecular flexibility index (Phi) is 4.54. The van der Waals surface area contributed by atoms with Crippen LogP contribution in [0.3, 0.4) is 0 Å². The van der Waals surface area contributed by atoms with Crippen molar-refractivity contribution in [1.82, 2.24) is 29.9 Å². The lowest BCUT2D eigenvalue weighted by Crippen LogP contribution is -2.68. The number of hydrogen-bond acceptors (Lipinski definition) is 5. The van der Waals surface area contributed by atoms with Crippen LogP contribution in [0, 0.1) is 11.3 Å². The normalized spacial score (nSPS) is 30.3. The van der Waals surface area contributed by atoms with E-state index in [9.17, 15) is 22.8 Å². The van der Waals surface area contributed by atoms with Crippen molar-refractivity contribution in [3.63, 3.8) is 0 Å². The first kappa shape index (κ1) is 21.2. The molecule has 5 aliphatic rings. The minimum absolute atomic E-state index is 0.00477. The molecule has 0 bridgehead atoms. The van der Waals surface area contributed by atoms with Crippen LogP contribution in [0.25, 0.3) is 0 Å². The number of carbonyl (C=O) groups excluding carboxylic acids is 2. The molecule has 3 amide bonds. The van der Waals surface area contributed by atoms with Gasteiger partial charge in [-0.2, -0.15) is 18.3 Å². The highest BCUT2D eigenvalue weighted by Crippen LogP contribution is 2.58. The molecule has 4 heterocycles. The van der Waals surface area contributed by atoms with Gasteiger partial charge in [-0.1, -0.05) is 0 Å². The SMILES string of the molecule is O=C1CO[C@H]2CCN(C(=O)N3CC4(CC(Cn5cnc(C6(C(F)(F)F)CC6)n5)C4)C3)C[C@H]2N1. The fraction of sp³-hybridized carbons (Fsp3) is 0.810. The number of hydrogen-bond donors (Lipinski definition) is 1. The summed E-state index contributed by atoms with van der Waals surface area (Å²) in [5, 5.41) is 7.06. The van der Waals surface area contributed by atoms with Crippen molar-refractivity contribution in [2.24, 2.45) is 11.3 Å². The van der Waals surface area contributed by atoms with Gasteiger partial charge in [0.1, 0.15) is 18.3 Å². The number of urea groups is 1. The molecule has 1 aromatic heterocycles. The molecule has 9 nitrogen and oxygen atoms in total. The maximum absolute atomic E-state index is 13.3. The van der Waals surface area contributed by atoms with Gasteiger partial charge in [0.05, 0.1) is 12.1 Å². The second-order valence-electron chi connectivity index (χ2n) is 10.5. The number of carbonyl (C=O) groups is 2. The Morgan fingerprint density at radius 2 is 2.00 bits per heavy atom. The molecule has 3 saturated heterocycles. The molecule has 33 heavy (non-hydrogen) atoms. The van der Waals surface area contributed by atoms with Gasteiger partial charge in [0, 0.05) is 38.1 Å². The van der Waals surface area contributed by atoms with Gasteiger partial charge in [-0.15, -0.1) is 0 Å². The van der Waals surface area contributed by atoms with E-state index in [4.69, 9.17) is 4.74 Å². The first-order chi connectivity index (χ1) is 15.7. The number of fused-ring (bicyclic) bond motifs is 1. The summed E-state index contributed by atoms with van der Waals surface area (Å²) in [4.78, 5) is 32.1. The summed E-state index contributed by atoms with van der Waals surface area (Å²) in [5.74, 6) is 0.0927. The summed E-state index contributed by atoms with van der Waals surface area (Å²) in [6.45, 7) is 3.15. The molecule has 2 atom stereocenters. The minimum atomic E-state index is -4.30. The van der Waals surface area contributed by atoms with Crippen LogP contribution in [0.2, 0.25) is 0 Å². The third-order valence-electron chi connectivity index (χ3n) is 8.06. The Bertz CT molecular complexity index is 963. The zero-order valence-electron chi connectivity index (χ0n) is 18.2. The summed E-state index contributed by atoms with van der Waals surface area (Å²) in [6, 6.07) is -0.142. The highest BCUT2D eigenvalue weighted by atomic mass is 19.4.